The fraction of sp³-hybridized carbons (Fsp3) is 0.571. The van der Waals surface area contributed by atoms with Gasteiger partial charge in [-0.25, -0.2) is 0 Å². The number of aliphatic hydroxyl groups excluding tert-OH is 1. The number of benzene rings is 1. The molecule has 0 aliphatic heterocycles. The lowest BCUT2D eigenvalue weighted by Crippen LogP contribution is -2.09. The maximum atomic E-state index is 9.66. The van der Waals surface area contributed by atoms with E-state index in [1.54, 1.807) is 6.92 Å². The van der Waals surface area contributed by atoms with Crippen molar-refractivity contribution in [1.82, 2.24) is 0 Å². The summed E-state index contributed by atoms with van der Waals surface area (Å²) in [5, 5.41) is 9.66. The Labute approximate surface area is 103 Å². The Balaban J connectivity index is 2.52. The monoisotopic (exact) mass is 238 g/mol. The van der Waals surface area contributed by atoms with Crippen LogP contribution >= 0.6 is 0 Å². The number of hydrogen-bond acceptors (Lipinski definition) is 3. The molecule has 1 N–H and O–H groups in total. The molecule has 1 aromatic rings. The second-order valence-corrected chi connectivity index (χ2v) is 4.18. The predicted molar refractivity (Wildman–Crippen MR) is 68.4 cm³/mol. The summed E-state index contributed by atoms with van der Waals surface area (Å²) in [5.74, 6) is 0.741. The van der Waals surface area contributed by atoms with E-state index in [4.69, 9.17) is 9.47 Å². The number of aryl methyl sites for hydroxylation is 1. The van der Waals surface area contributed by atoms with E-state index in [0.717, 1.165) is 29.9 Å². The molecule has 1 atom stereocenters. The van der Waals surface area contributed by atoms with Gasteiger partial charge in [-0.3, -0.25) is 0 Å². The average molecular weight is 238 g/mol. The lowest BCUT2D eigenvalue weighted by molar-refractivity contribution is 0.0986. The number of hydrogen-bond donors (Lipinski definition) is 1. The molecule has 0 aliphatic carbocycles. The Kier molecular flexibility index (Phi) is 6.01. The van der Waals surface area contributed by atoms with E-state index in [2.05, 4.69) is 6.92 Å². The van der Waals surface area contributed by atoms with Crippen molar-refractivity contribution in [3.63, 3.8) is 0 Å². The highest BCUT2D eigenvalue weighted by molar-refractivity contribution is 5.38. The van der Waals surface area contributed by atoms with Crippen LogP contribution in [0.5, 0.6) is 5.75 Å². The summed E-state index contributed by atoms with van der Waals surface area (Å²) in [6, 6.07) is 5.83. The first-order valence-electron chi connectivity index (χ1n) is 6.14. The molecule has 1 aromatic carbocycles. The lowest BCUT2D eigenvalue weighted by atomic mass is 10.1. The van der Waals surface area contributed by atoms with Gasteiger partial charge in [-0.05, 0) is 32.4 Å². The highest BCUT2D eigenvalue weighted by Gasteiger charge is 2.09. The molecule has 0 fully saturated rings. The number of ether oxygens (including phenoxy) is 2. The van der Waals surface area contributed by atoms with E-state index in [1.807, 2.05) is 25.1 Å². The lowest BCUT2D eigenvalue weighted by Gasteiger charge is -2.14. The van der Waals surface area contributed by atoms with Crippen LogP contribution in [-0.2, 0) is 4.74 Å². The van der Waals surface area contributed by atoms with Gasteiger partial charge in [-0.2, -0.15) is 0 Å². The first kappa shape index (κ1) is 14.0. The van der Waals surface area contributed by atoms with E-state index in [1.165, 1.54) is 0 Å². The van der Waals surface area contributed by atoms with Crippen molar-refractivity contribution in [1.29, 1.82) is 0 Å². The van der Waals surface area contributed by atoms with Crippen molar-refractivity contribution < 1.29 is 14.6 Å². The predicted octanol–water partition coefficient (Wildman–Crippen LogP) is 2.85. The van der Waals surface area contributed by atoms with Crippen LogP contribution in [0.2, 0.25) is 0 Å². The van der Waals surface area contributed by atoms with Gasteiger partial charge >= 0.3 is 0 Å². The van der Waals surface area contributed by atoms with Gasteiger partial charge < -0.3 is 14.6 Å². The summed E-state index contributed by atoms with van der Waals surface area (Å²) in [5.41, 5.74) is 1.95. The van der Waals surface area contributed by atoms with E-state index in [0.29, 0.717) is 13.2 Å². The third-order valence-electron chi connectivity index (χ3n) is 2.45. The molecule has 3 nitrogen and oxygen atoms in total. The molecule has 0 aliphatic rings. The van der Waals surface area contributed by atoms with E-state index < -0.39 is 6.10 Å². The zero-order valence-electron chi connectivity index (χ0n) is 10.9. The van der Waals surface area contributed by atoms with Crippen molar-refractivity contribution in [2.75, 3.05) is 19.8 Å². The molecular weight excluding hydrogens is 216 g/mol. The first-order valence-corrected chi connectivity index (χ1v) is 6.14. The molecule has 0 saturated carbocycles. The molecule has 0 spiro atoms. The van der Waals surface area contributed by atoms with Crippen LogP contribution in [0.3, 0.4) is 0 Å². The van der Waals surface area contributed by atoms with E-state index in [-0.39, 0.29) is 0 Å². The van der Waals surface area contributed by atoms with Crippen molar-refractivity contribution >= 4 is 0 Å². The van der Waals surface area contributed by atoms with Gasteiger partial charge in [0.1, 0.15) is 12.4 Å². The normalized spacial score (nSPS) is 12.5. The SMILES string of the molecule is CCCOCCOc1ccc(C)cc1C(C)O. The summed E-state index contributed by atoms with van der Waals surface area (Å²) < 4.78 is 11.0. The molecule has 0 heterocycles. The summed E-state index contributed by atoms with van der Waals surface area (Å²) in [7, 11) is 0. The zero-order valence-corrected chi connectivity index (χ0v) is 10.9. The number of rotatable bonds is 7. The molecule has 0 aromatic heterocycles. The van der Waals surface area contributed by atoms with Crippen molar-refractivity contribution in [2.24, 2.45) is 0 Å². The van der Waals surface area contributed by atoms with E-state index >= 15 is 0 Å². The second-order valence-electron chi connectivity index (χ2n) is 4.18. The molecule has 0 saturated heterocycles. The highest BCUT2D eigenvalue weighted by atomic mass is 16.5. The summed E-state index contributed by atoms with van der Waals surface area (Å²) in [4.78, 5) is 0. The Hall–Kier alpha value is -1.06. The van der Waals surface area contributed by atoms with Crippen LogP contribution in [0.25, 0.3) is 0 Å². The van der Waals surface area contributed by atoms with Gasteiger partial charge in [0, 0.05) is 12.2 Å². The summed E-state index contributed by atoms with van der Waals surface area (Å²) in [6.45, 7) is 7.69. The van der Waals surface area contributed by atoms with Gasteiger partial charge in [-0.15, -0.1) is 0 Å². The molecular formula is C14H22O3. The van der Waals surface area contributed by atoms with Crippen LogP contribution in [0.4, 0.5) is 0 Å². The third-order valence-corrected chi connectivity index (χ3v) is 2.45. The van der Waals surface area contributed by atoms with Gasteiger partial charge in [0.2, 0.25) is 0 Å². The minimum atomic E-state index is -0.513. The molecule has 0 radical (unpaired) electrons. The molecule has 0 bridgehead atoms. The molecule has 1 rings (SSSR count). The van der Waals surface area contributed by atoms with Crippen LogP contribution in [0.1, 0.15) is 37.5 Å². The summed E-state index contributed by atoms with van der Waals surface area (Å²) in [6.07, 6.45) is 0.505. The fourth-order valence-corrected chi connectivity index (χ4v) is 1.58. The van der Waals surface area contributed by atoms with Crippen molar-refractivity contribution in [2.45, 2.75) is 33.3 Å². The smallest absolute Gasteiger partial charge is 0.125 e. The van der Waals surface area contributed by atoms with Crippen molar-refractivity contribution in [3.8, 4) is 5.75 Å². The topological polar surface area (TPSA) is 38.7 Å². The number of aliphatic hydroxyl groups is 1. The fourth-order valence-electron chi connectivity index (χ4n) is 1.58. The first-order chi connectivity index (χ1) is 8.15. The van der Waals surface area contributed by atoms with Crippen LogP contribution in [-0.4, -0.2) is 24.9 Å². The third kappa shape index (κ3) is 4.75. The van der Waals surface area contributed by atoms with Gasteiger partial charge in [0.05, 0.1) is 12.7 Å². The highest BCUT2D eigenvalue weighted by Crippen LogP contribution is 2.26. The van der Waals surface area contributed by atoms with Crippen LogP contribution in [0.15, 0.2) is 18.2 Å². The molecule has 3 heteroatoms. The largest absolute Gasteiger partial charge is 0.491 e. The second kappa shape index (κ2) is 7.30. The van der Waals surface area contributed by atoms with Gasteiger partial charge in [0.25, 0.3) is 0 Å². The van der Waals surface area contributed by atoms with Gasteiger partial charge in [-0.1, -0.05) is 18.6 Å². The Morgan fingerprint density at radius 1 is 1.24 bits per heavy atom. The van der Waals surface area contributed by atoms with Gasteiger partial charge in [0.15, 0.2) is 0 Å². The minimum absolute atomic E-state index is 0.513. The summed E-state index contributed by atoms with van der Waals surface area (Å²) >= 11 is 0. The maximum absolute atomic E-state index is 9.66. The maximum Gasteiger partial charge on any atom is 0.125 e. The Morgan fingerprint density at radius 2 is 2.00 bits per heavy atom. The Bertz CT molecular complexity index is 334. The Morgan fingerprint density at radius 3 is 2.65 bits per heavy atom. The average Bonchev–Trinajstić information content (AvgIpc) is 2.30. The molecule has 0 amide bonds. The van der Waals surface area contributed by atoms with E-state index in [9.17, 15) is 5.11 Å². The quantitative estimate of drug-likeness (QED) is 0.742. The molecule has 96 valence electrons. The standard InChI is InChI=1S/C14H22O3/c1-4-7-16-8-9-17-14-6-5-11(2)10-13(14)12(3)15/h5-6,10,12,15H,4,7-9H2,1-3H3. The minimum Gasteiger partial charge on any atom is -0.491 e. The van der Waals surface area contributed by atoms with Crippen LogP contribution in [0, 0.1) is 6.92 Å². The molecule has 17 heavy (non-hydrogen) atoms. The van der Waals surface area contributed by atoms with Crippen LogP contribution < -0.4 is 4.74 Å². The molecule has 1 unspecified atom stereocenters. The van der Waals surface area contributed by atoms with Crippen molar-refractivity contribution in [3.05, 3.63) is 29.3 Å². The zero-order chi connectivity index (χ0) is 12.7.